The third-order valence-corrected chi connectivity index (χ3v) is 4.70. The van der Waals surface area contributed by atoms with Crippen LogP contribution in [0.2, 0.25) is 0 Å². The van der Waals surface area contributed by atoms with Crippen LogP contribution in [0.1, 0.15) is 5.56 Å². The molecule has 9 heteroatoms. The van der Waals surface area contributed by atoms with Crippen LogP contribution in [-0.2, 0) is 11.3 Å². The average molecular weight is 416 g/mol. The molecule has 9 nitrogen and oxygen atoms in total. The number of amides is 1. The number of carbonyl (C=O) groups is 1. The summed E-state index contributed by atoms with van der Waals surface area (Å²) in [5.74, 6) is 1.56. The highest BCUT2D eigenvalue weighted by Crippen LogP contribution is 2.24. The van der Waals surface area contributed by atoms with E-state index >= 15 is 0 Å². The van der Waals surface area contributed by atoms with Crippen molar-refractivity contribution in [1.82, 2.24) is 30.2 Å². The van der Waals surface area contributed by atoms with Gasteiger partial charge in [-0.3, -0.25) is 9.69 Å². The van der Waals surface area contributed by atoms with Crippen LogP contribution in [0.5, 0.6) is 0 Å². The number of aromatic nitrogens is 4. The Hall–Kier alpha value is -3.85. The van der Waals surface area contributed by atoms with Gasteiger partial charge in [0.05, 0.1) is 12.1 Å². The number of nitrogens with zero attached hydrogens (tertiary/aromatic N) is 5. The monoisotopic (exact) mass is 416 g/mol. The van der Waals surface area contributed by atoms with Gasteiger partial charge in [-0.25, -0.2) is 15.0 Å². The Morgan fingerprint density at radius 1 is 1.06 bits per heavy atom. The first-order chi connectivity index (χ1) is 15.2. The van der Waals surface area contributed by atoms with Crippen LogP contribution in [-0.4, -0.2) is 56.9 Å². The molecule has 3 aromatic rings. The first-order valence-corrected chi connectivity index (χ1v) is 10.1. The Morgan fingerprint density at radius 3 is 2.87 bits per heavy atom. The highest BCUT2D eigenvalue weighted by molar-refractivity contribution is 5.78. The number of nitrogens with one attached hydrogen (secondary N) is 3. The molecule has 1 aromatic carbocycles. The summed E-state index contributed by atoms with van der Waals surface area (Å²) in [4.78, 5) is 32.0. The molecule has 2 aromatic heterocycles. The van der Waals surface area contributed by atoms with E-state index < -0.39 is 0 Å². The van der Waals surface area contributed by atoms with Crippen LogP contribution in [0.25, 0.3) is 11.4 Å². The number of hydrogen-bond acceptors (Lipinski definition) is 8. The first kappa shape index (κ1) is 20.4. The van der Waals surface area contributed by atoms with E-state index in [2.05, 4.69) is 42.5 Å². The lowest BCUT2D eigenvalue weighted by molar-refractivity contribution is -0.122. The second-order valence-corrected chi connectivity index (χ2v) is 7.09. The second-order valence-electron chi connectivity index (χ2n) is 7.09. The molecule has 1 amide bonds. The van der Waals surface area contributed by atoms with Gasteiger partial charge in [0.15, 0.2) is 5.82 Å². The predicted molar refractivity (Wildman–Crippen MR) is 120 cm³/mol. The van der Waals surface area contributed by atoms with Crippen LogP contribution in [0, 0.1) is 0 Å². The van der Waals surface area contributed by atoms with E-state index in [4.69, 9.17) is 0 Å². The lowest BCUT2D eigenvalue weighted by Gasteiger charge is -2.20. The maximum absolute atomic E-state index is 12.4. The van der Waals surface area contributed by atoms with E-state index in [0.717, 1.165) is 16.8 Å². The van der Waals surface area contributed by atoms with Crippen LogP contribution in [0.4, 0.5) is 17.5 Å². The van der Waals surface area contributed by atoms with Gasteiger partial charge in [0.1, 0.15) is 12.1 Å². The van der Waals surface area contributed by atoms with Gasteiger partial charge in [0.2, 0.25) is 11.9 Å². The predicted octanol–water partition coefficient (Wildman–Crippen LogP) is 2.21. The summed E-state index contributed by atoms with van der Waals surface area (Å²) in [7, 11) is 0. The van der Waals surface area contributed by atoms with Crippen molar-refractivity contribution in [2.45, 2.75) is 6.54 Å². The maximum Gasteiger partial charge on any atom is 0.234 e. The average Bonchev–Trinajstić information content (AvgIpc) is 2.77. The van der Waals surface area contributed by atoms with Crippen LogP contribution >= 0.6 is 0 Å². The fourth-order valence-corrected chi connectivity index (χ4v) is 3.36. The maximum atomic E-state index is 12.4. The van der Waals surface area contributed by atoms with E-state index in [9.17, 15) is 4.79 Å². The smallest absolute Gasteiger partial charge is 0.234 e. The van der Waals surface area contributed by atoms with Crippen molar-refractivity contribution < 1.29 is 4.79 Å². The van der Waals surface area contributed by atoms with Gasteiger partial charge >= 0.3 is 0 Å². The molecule has 0 atom stereocenters. The fraction of sp³-hybridized carbons (Fsp3) is 0.227. The highest BCUT2D eigenvalue weighted by atomic mass is 16.2. The van der Waals surface area contributed by atoms with Gasteiger partial charge in [-0.2, -0.15) is 4.98 Å². The molecule has 158 valence electrons. The number of carbonyl (C=O) groups excluding carboxylic acids is 1. The molecule has 0 unspecified atom stereocenters. The van der Waals surface area contributed by atoms with Crippen LogP contribution in [0.15, 0.2) is 61.6 Å². The number of rotatable bonds is 2. The number of benzene rings is 1. The van der Waals surface area contributed by atoms with E-state index in [1.165, 1.54) is 6.33 Å². The number of hydrogen-bond donors (Lipinski definition) is 3. The Balaban J connectivity index is 1.68. The molecule has 3 heterocycles. The summed E-state index contributed by atoms with van der Waals surface area (Å²) < 4.78 is 0. The molecule has 0 aliphatic carbocycles. The zero-order valence-corrected chi connectivity index (χ0v) is 17.1. The van der Waals surface area contributed by atoms with E-state index in [0.29, 0.717) is 43.8 Å². The third-order valence-electron chi connectivity index (χ3n) is 4.70. The van der Waals surface area contributed by atoms with E-state index in [-0.39, 0.29) is 12.5 Å². The van der Waals surface area contributed by atoms with Crippen molar-refractivity contribution in [1.29, 1.82) is 0 Å². The lowest BCUT2D eigenvalue weighted by atomic mass is 10.2. The van der Waals surface area contributed by atoms with Crippen molar-refractivity contribution in [3.63, 3.8) is 0 Å². The molecule has 0 fully saturated rings. The SMILES string of the molecule is C=CCN1CC(=O)NCCNc2ncccc2-c2ncnc(n2)Nc2cccc(c2)C1. The fourth-order valence-electron chi connectivity index (χ4n) is 3.36. The van der Waals surface area contributed by atoms with Crippen molar-refractivity contribution in [2.75, 3.05) is 36.8 Å². The molecule has 3 N–H and O–H groups in total. The first-order valence-electron chi connectivity index (χ1n) is 10.1. The molecule has 0 spiro atoms. The molecular formula is C22H24N8O. The van der Waals surface area contributed by atoms with Crippen LogP contribution in [0.3, 0.4) is 0 Å². The summed E-state index contributed by atoms with van der Waals surface area (Å²) in [6, 6.07) is 11.7. The van der Waals surface area contributed by atoms with Crippen molar-refractivity contribution >= 4 is 23.4 Å². The molecule has 1 aliphatic heterocycles. The quantitative estimate of drug-likeness (QED) is 0.546. The van der Waals surface area contributed by atoms with Gasteiger partial charge in [-0.05, 0) is 29.8 Å². The molecule has 1 aliphatic rings. The lowest BCUT2D eigenvalue weighted by Crippen LogP contribution is -2.38. The van der Waals surface area contributed by atoms with Crippen molar-refractivity contribution in [3.05, 3.63) is 67.1 Å². The summed E-state index contributed by atoms with van der Waals surface area (Å²) in [6.07, 6.45) is 4.98. The minimum absolute atomic E-state index is 0.0392. The molecule has 31 heavy (non-hydrogen) atoms. The summed E-state index contributed by atoms with van der Waals surface area (Å²) in [6.45, 7) is 6.31. The van der Waals surface area contributed by atoms with Crippen molar-refractivity contribution in [3.8, 4) is 11.4 Å². The normalized spacial score (nSPS) is 14.9. The van der Waals surface area contributed by atoms with Crippen LogP contribution < -0.4 is 16.0 Å². The van der Waals surface area contributed by atoms with Crippen molar-refractivity contribution in [2.24, 2.45) is 0 Å². The van der Waals surface area contributed by atoms with Gasteiger partial charge in [0.25, 0.3) is 0 Å². The summed E-state index contributed by atoms with van der Waals surface area (Å²) in [5.41, 5.74) is 2.68. The topological polar surface area (TPSA) is 108 Å². The van der Waals surface area contributed by atoms with Gasteiger partial charge < -0.3 is 16.0 Å². The van der Waals surface area contributed by atoms with Gasteiger partial charge in [-0.1, -0.05) is 18.2 Å². The number of anilines is 3. The number of fused-ring (bicyclic) bond motifs is 6. The number of pyridine rings is 1. The standard InChI is InChI=1S/C22H24N8O/c1-2-11-30-13-16-5-3-6-17(12-16)28-22-27-15-26-21(29-22)18-7-4-8-24-20(18)25-10-9-23-19(31)14-30/h2-8,12,15H,1,9-11,13-14H2,(H,23,31)(H,24,25)(H,26,27,28,29). The molecular weight excluding hydrogens is 392 g/mol. The third kappa shape index (κ3) is 5.40. The van der Waals surface area contributed by atoms with Gasteiger partial charge in [-0.15, -0.1) is 6.58 Å². The Bertz CT molecular complexity index is 1070. The Kier molecular flexibility index (Phi) is 6.44. The Labute approximate surface area is 180 Å². The minimum atomic E-state index is -0.0392. The second kappa shape index (κ2) is 9.77. The van der Waals surface area contributed by atoms with E-state index in [1.54, 1.807) is 12.3 Å². The molecule has 0 saturated heterocycles. The molecule has 4 rings (SSSR count). The van der Waals surface area contributed by atoms with E-state index in [1.807, 2.05) is 41.3 Å². The highest BCUT2D eigenvalue weighted by Gasteiger charge is 2.13. The summed E-state index contributed by atoms with van der Waals surface area (Å²) in [5, 5.41) is 9.45. The molecule has 0 saturated carbocycles. The zero-order chi connectivity index (χ0) is 21.5. The minimum Gasteiger partial charge on any atom is -0.368 e. The molecule has 4 bridgehead atoms. The van der Waals surface area contributed by atoms with Gasteiger partial charge in [0, 0.05) is 38.1 Å². The largest absolute Gasteiger partial charge is 0.368 e. The zero-order valence-electron chi connectivity index (χ0n) is 17.1. The molecule has 0 radical (unpaired) electrons. The Morgan fingerprint density at radius 2 is 1.97 bits per heavy atom. The summed E-state index contributed by atoms with van der Waals surface area (Å²) >= 11 is 0.